The van der Waals surface area contributed by atoms with Gasteiger partial charge in [0, 0.05) is 12.8 Å². The average Bonchev–Trinajstić information content (AvgIpc) is 2.35. The largest absolute Gasteiger partial charge is 0.459 e. The van der Waals surface area contributed by atoms with Gasteiger partial charge < -0.3 is 14.9 Å². The summed E-state index contributed by atoms with van der Waals surface area (Å²) in [5.41, 5.74) is -1.94. The van der Waals surface area contributed by atoms with E-state index in [-0.39, 0.29) is 11.9 Å². The fourth-order valence-electron chi connectivity index (χ4n) is 4.01. The van der Waals surface area contributed by atoms with Gasteiger partial charge in [-0.3, -0.25) is 4.79 Å². The van der Waals surface area contributed by atoms with Crippen LogP contribution in [-0.2, 0) is 9.53 Å². The lowest BCUT2D eigenvalue weighted by atomic mass is 9.62. The van der Waals surface area contributed by atoms with Crippen LogP contribution in [0, 0.1) is 11.3 Å². The molecule has 0 aromatic heterocycles. The number of hydrogen-bond donors (Lipinski definition) is 2. The second kappa shape index (κ2) is 5.54. The fourth-order valence-corrected chi connectivity index (χ4v) is 4.01. The Morgan fingerprint density at radius 2 is 1.95 bits per heavy atom. The number of rotatable bonds is 4. The van der Waals surface area contributed by atoms with Gasteiger partial charge in [0.2, 0.25) is 0 Å². The van der Waals surface area contributed by atoms with Crippen LogP contribution >= 0.6 is 0 Å². The number of ether oxygens (including phenoxy) is 1. The summed E-state index contributed by atoms with van der Waals surface area (Å²) in [5.74, 6) is 0.0703. The van der Waals surface area contributed by atoms with Crippen LogP contribution in [0.1, 0.15) is 72.6 Å². The second-order valence-corrected chi connectivity index (χ2v) is 7.93. The molecule has 0 aromatic rings. The fraction of sp³-hybridized carbons (Fsp3) is 0.941. The van der Waals surface area contributed by atoms with Crippen molar-refractivity contribution in [1.82, 2.24) is 0 Å². The molecule has 2 fully saturated rings. The summed E-state index contributed by atoms with van der Waals surface area (Å²) in [7, 11) is 0. The minimum absolute atomic E-state index is 0.170. The van der Waals surface area contributed by atoms with Crippen LogP contribution in [0.2, 0.25) is 0 Å². The van der Waals surface area contributed by atoms with Gasteiger partial charge in [0.1, 0.15) is 5.60 Å². The number of fused-ring (bicyclic) bond motifs is 2. The predicted octanol–water partition coefficient (Wildman–Crippen LogP) is 2.80. The van der Waals surface area contributed by atoms with E-state index in [1.807, 2.05) is 27.7 Å². The first-order valence-electron chi connectivity index (χ1n) is 8.27. The maximum absolute atomic E-state index is 12.5. The molecule has 4 atom stereocenters. The van der Waals surface area contributed by atoms with E-state index in [9.17, 15) is 15.0 Å². The highest BCUT2D eigenvalue weighted by atomic mass is 16.6. The first kappa shape index (κ1) is 16.8. The Bertz CT molecular complexity index is 402. The summed E-state index contributed by atoms with van der Waals surface area (Å²) < 4.78 is 5.94. The molecule has 2 saturated carbocycles. The Morgan fingerprint density at radius 3 is 2.48 bits per heavy atom. The lowest BCUT2D eigenvalue weighted by molar-refractivity contribution is -0.201. The van der Waals surface area contributed by atoms with Gasteiger partial charge in [0.05, 0.1) is 17.1 Å². The molecule has 0 radical (unpaired) electrons. The lowest BCUT2D eigenvalue weighted by Crippen LogP contribution is -2.56. The van der Waals surface area contributed by atoms with E-state index in [0.29, 0.717) is 25.7 Å². The van der Waals surface area contributed by atoms with Gasteiger partial charge in [-0.15, -0.1) is 0 Å². The number of hydrogen-bond acceptors (Lipinski definition) is 4. The van der Waals surface area contributed by atoms with E-state index in [1.54, 1.807) is 0 Å². The van der Waals surface area contributed by atoms with E-state index in [0.717, 1.165) is 19.3 Å². The standard InChI is InChI=1S/C17H30O4/c1-5-15(3,4)14(19)21-17(6-2)9-12-7-13(18)10-16(20,8-12)11-17/h12-13,18,20H,5-11H2,1-4H3. The van der Waals surface area contributed by atoms with Crippen LogP contribution in [0.4, 0.5) is 0 Å². The van der Waals surface area contributed by atoms with Gasteiger partial charge in [-0.25, -0.2) is 0 Å². The zero-order valence-electron chi connectivity index (χ0n) is 13.8. The molecule has 0 amide bonds. The van der Waals surface area contributed by atoms with Gasteiger partial charge in [-0.2, -0.15) is 0 Å². The maximum atomic E-state index is 12.5. The van der Waals surface area contributed by atoms with Gasteiger partial charge in [0.15, 0.2) is 0 Å². The quantitative estimate of drug-likeness (QED) is 0.783. The second-order valence-electron chi connectivity index (χ2n) is 7.93. The highest BCUT2D eigenvalue weighted by Crippen LogP contribution is 2.50. The molecule has 122 valence electrons. The number of esters is 1. The summed E-state index contributed by atoms with van der Waals surface area (Å²) in [5, 5.41) is 20.7. The zero-order valence-corrected chi connectivity index (χ0v) is 13.8. The van der Waals surface area contributed by atoms with Crippen molar-refractivity contribution in [3.63, 3.8) is 0 Å². The van der Waals surface area contributed by atoms with E-state index in [2.05, 4.69) is 0 Å². The molecule has 4 unspecified atom stereocenters. The van der Waals surface area contributed by atoms with Gasteiger partial charge in [-0.1, -0.05) is 13.8 Å². The van der Waals surface area contributed by atoms with Crippen molar-refractivity contribution in [3.8, 4) is 0 Å². The molecule has 0 heterocycles. The zero-order chi connectivity index (χ0) is 15.9. The molecule has 2 aliphatic carbocycles. The number of carbonyl (C=O) groups excluding carboxylic acids is 1. The van der Waals surface area contributed by atoms with Crippen molar-refractivity contribution in [2.24, 2.45) is 11.3 Å². The van der Waals surface area contributed by atoms with Gasteiger partial charge >= 0.3 is 5.97 Å². The Kier molecular flexibility index (Phi) is 4.42. The molecular formula is C17H30O4. The maximum Gasteiger partial charge on any atom is 0.312 e. The monoisotopic (exact) mass is 298 g/mol. The normalized spacial score (nSPS) is 39.9. The van der Waals surface area contributed by atoms with Crippen molar-refractivity contribution < 1.29 is 19.7 Å². The minimum Gasteiger partial charge on any atom is -0.459 e. The number of carbonyl (C=O) groups is 1. The molecule has 0 saturated heterocycles. The van der Waals surface area contributed by atoms with Crippen molar-refractivity contribution in [2.45, 2.75) is 89.9 Å². The van der Waals surface area contributed by atoms with Crippen LogP contribution in [0.5, 0.6) is 0 Å². The predicted molar refractivity (Wildman–Crippen MR) is 80.7 cm³/mol. The van der Waals surface area contributed by atoms with Gasteiger partial charge in [-0.05, 0) is 51.9 Å². The molecule has 21 heavy (non-hydrogen) atoms. The number of aliphatic hydroxyl groups excluding tert-OH is 1. The summed E-state index contributed by atoms with van der Waals surface area (Å²) >= 11 is 0. The van der Waals surface area contributed by atoms with Crippen molar-refractivity contribution >= 4 is 5.97 Å². The third-order valence-electron chi connectivity index (χ3n) is 5.59. The van der Waals surface area contributed by atoms with Crippen LogP contribution in [0.3, 0.4) is 0 Å². The molecule has 2 N–H and O–H groups in total. The van der Waals surface area contributed by atoms with Crippen LogP contribution in [0.25, 0.3) is 0 Å². The summed E-state index contributed by atoms with van der Waals surface area (Å²) in [6.07, 6.45) is 4.07. The van der Waals surface area contributed by atoms with Crippen molar-refractivity contribution in [3.05, 3.63) is 0 Å². The Morgan fingerprint density at radius 1 is 1.29 bits per heavy atom. The third kappa shape index (κ3) is 3.42. The van der Waals surface area contributed by atoms with E-state index < -0.39 is 22.7 Å². The van der Waals surface area contributed by atoms with Crippen molar-refractivity contribution in [2.75, 3.05) is 0 Å². The van der Waals surface area contributed by atoms with E-state index in [4.69, 9.17) is 4.74 Å². The highest BCUT2D eigenvalue weighted by molar-refractivity contribution is 5.76. The molecule has 4 nitrogen and oxygen atoms in total. The Hall–Kier alpha value is -0.610. The van der Waals surface area contributed by atoms with Gasteiger partial charge in [0.25, 0.3) is 0 Å². The molecule has 2 aliphatic rings. The Balaban J connectivity index is 2.17. The molecular weight excluding hydrogens is 268 g/mol. The van der Waals surface area contributed by atoms with Crippen LogP contribution in [-0.4, -0.2) is 33.5 Å². The first-order valence-corrected chi connectivity index (χ1v) is 8.27. The summed E-state index contributed by atoms with van der Waals surface area (Å²) in [4.78, 5) is 12.5. The number of aliphatic hydroxyl groups is 2. The molecule has 2 bridgehead atoms. The van der Waals surface area contributed by atoms with Crippen LogP contribution in [0.15, 0.2) is 0 Å². The molecule has 4 heteroatoms. The molecule has 0 aliphatic heterocycles. The smallest absolute Gasteiger partial charge is 0.312 e. The SMILES string of the molecule is CCC1(OC(=O)C(C)(C)CC)CC2CC(O)CC(O)(C2)C1. The summed E-state index contributed by atoms with van der Waals surface area (Å²) in [6.45, 7) is 7.81. The molecule has 0 spiro atoms. The lowest BCUT2D eigenvalue weighted by Gasteiger charge is -2.52. The van der Waals surface area contributed by atoms with Crippen LogP contribution < -0.4 is 0 Å². The topological polar surface area (TPSA) is 66.8 Å². The first-order chi connectivity index (χ1) is 9.64. The van der Waals surface area contributed by atoms with E-state index in [1.165, 1.54) is 0 Å². The summed E-state index contributed by atoms with van der Waals surface area (Å²) in [6, 6.07) is 0. The highest BCUT2D eigenvalue weighted by Gasteiger charge is 2.53. The average molecular weight is 298 g/mol. The molecule has 2 rings (SSSR count). The van der Waals surface area contributed by atoms with E-state index >= 15 is 0 Å². The molecule has 0 aromatic carbocycles. The minimum atomic E-state index is -0.882. The van der Waals surface area contributed by atoms with Crippen molar-refractivity contribution in [1.29, 1.82) is 0 Å². The third-order valence-corrected chi connectivity index (χ3v) is 5.59. The Labute approximate surface area is 127 Å².